The first-order chi connectivity index (χ1) is 16.5. The Bertz CT molecular complexity index is 1530. The van der Waals surface area contributed by atoms with Gasteiger partial charge in [0.2, 0.25) is 5.78 Å². The third-order valence-corrected chi connectivity index (χ3v) is 6.32. The highest BCUT2D eigenvalue weighted by Gasteiger charge is 2.18. The molecule has 1 aliphatic rings. The van der Waals surface area contributed by atoms with Crippen molar-refractivity contribution in [3.05, 3.63) is 58.5 Å². The number of ether oxygens (including phenoxy) is 2. The van der Waals surface area contributed by atoms with Crippen LogP contribution in [0.3, 0.4) is 0 Å². The van der Waals surface area contributed by atoms with Crippen molar-refractivity contribution >= 4 is 39.2 Å². The van der Waals surface area contributed by atoms with Gasteiger partial charge in [-0.05, 0) is 43.0 Å². The lowest BCUT2D eigenvalue weighted by Gasteiger charge is -2.12. The van der Waals surface area contributed by atoms with Gasteiger partial charge in [0.1, 0.15) is 5.84 Å². The zero-order valence-corrected chi connectivity index (χ0v) is 19.1. The number of hydrogen-bond acceptors (Lipinski definition) is 7. The molecule has 0 bridgehead atoms. The summed E-state index contributed by atoms with van der Waals surface area (Å²) in [6, 6.07) is 10.7. The number of amidine groups is 1. The zero-order valence-electron chi connectivity index (χ0n) is 19.1. The fourth-order valence-electron chi connectivity index (χ4n) is 4.59. The number of allylic oxidation sites excluding steroid dienone is 1. The minimum Gasteiger partial charge on any atom is -0.493 e. The highest BCUT2D eigenvalue weighted by molar-refractivity contribution is 5.98. The summed E-state index contributed by atoms with van der Waals surface area (Å²) in [5, 5.41) is 1.07. The number of aliphatic imine (C=N–C) groups is 1. The van der Waals surface area contributed by atoms with Crippen LogP contribution in [0.1, 0.15) is 25.7 Å². The van der Waals surface area contributed by atoms with Crippen molar-refractivity contribution in [3.63, 3.8) is 0 Å². The molecule has 0 spiro atoms. The number of nitrogens with zero attached hydrogens (tertiary/aromatic N) is 4. The highest BCUT2D eigenvalue weighted by Crippen LogP contribution is 2.32. The molecule has 2 aromatic heterocycles. The Labute approximate surface area is 195 Å². The molecule has 0 aliphatic heterocycles. The molecule has 1 aliphatic carbocycles. The Balaban J connectivity index is 1.74. The fraction of sp³-hybridized carbons (Fsp3) is 0.280. The van der Waals surface area contributed by atoms with Gasteiger partial charge < -0.3 is 20.9 Å². The maximum absolute atomic E-state index is 13.5. The maximum atomic E-state index is 13.5. The first-order valence-electron chi connectivity index (χ1n) is 11.2. The zero-order chi connectivity index (χ0) is 23.8. The predicted octanol–water partition coefficient (Wildman–Crippen LogP) is 3.43. The number of fused-ring (bicyclic) bond motifs is 4. The van der Waals surface area contributed by atoms with E-state index in [0.717, 1.165) is 18.5 Å². The molecule has 0 atom stereocenters. The molecule has 2 aromatic carbocycles. The second kappa shape index (κ2) is 8.66. The lowest BCUT2D eigenvalue weighted by atomic mass is 10.0. The minimum atomic E-state index is -0.265. The van der Waals surface area contributed by atoms with E-state index in [4.69, 9.17) is 20.9 Å². The largest absolute Gasteiger partial charge is 0.493 e. The topological polar surface area (TPSA) is 130 Å². The van der Waals surface area contributed by atoms with E-state index >= 15 is 0 Å². The van der Waals surface area contributed by atoms with Crippen molar-refractivity contribution in [1.29, 1.82) is 0 Å². The Morgan fingerprint density at radius 3 is 2.50 bits per heavy atom. The molecule has 2 heterocycles. The Hall–Kier alpha value is -4.14. The first-order valence-corrected chi connectivity index (χ1v) is 11.2. The van der Waals surface area contributed by atoms with Crippen molar-refractivity contribution in [1.82, 2.24) is 14.4 Å². The van der Waals surface area contributed by atoms with Crippen molar-refractivity contribution in [3.8, 4) is 11.5 Å². The monoisotopic (exact) mass is 458 g/mol. The van der Waals surface area contributed by atoms with E-state index in [1.807, 2.05) is 24.3 Å². The number of nitrogens with two attached hydrogens (primary N) is 2. The minimum absolute atomic E-state index is 0.211. The van der Waals surface area contributed by atoms with Gasteiger partial charge in [-0.15, -0.1) is 0 Å². The molecule has 0 radical (unpaired) electrons. The lowest BCUT2D eigenvalue weighted by Crippen LogP contribution is -2.18. The van der Waals surface area contributed by atoms with E-state index in [0.29, 0.717) is 45.0 Å². The third kappa shape index (κ3) is 3.68. The highest BCUT2D eigenvalue weighted by atomic mass is 16.5. The maximum Gasteiger partial charge on any atom is 0.267 e. The summed E-state index contributed by atoms with van der Waals surface area (Å²) in [5.74, 6) is 2.11. The van der Waals surface area contributed by atoms with Crippen LogP contribution in [0, 0.1) is 5.92 Å². The molecule has 4 aromatic rings. The van der Waals surface area contributed by atoms with E-state index in [1.54, 1.807) is 18.2 Å². The first kappa shape index (κ1) is 21.7. The Morgan fingerprint density at radius 1 is 1.06 bits per heavy atom. The summed E-state index contributed by atoms with van der Waals surface area (Å²) in [5.41, 5.74) is 14.0. The lowest BCUT2D eigenvalue weighted by molar-refractivity contribution is 0.355. The molecule has 9 heteroatoms. The van der Waals surface area contributed by atoms with Gasteiger partial charge in [-0.2, -0.15) is 4.98 Å². The number of rotatable bonds is 5. The van der Waals surface area contributed by atoms with Crippen LogP contribution in [-0.2, 0) is 0 Å². The predicted molar refractivity (Wildman–Crippen MR) is 133 cm³/mol. The smallest absolute Gasteiger partial charge is 0.267 e. The number of aromatic nitrogens is 3. The van der Waals surface area contributed by atoms with Crippen LogP contribution in [-0.4, -0.2) is 34.4 Å². The molecular weight excluding hydrogens is 432 g/mol. The van der Waals surface area contributed by atoms with E-state index in [-0.39, 0.29) is 17.2 Å². The van der Waals surface area contributed by atoms with E-state index in [1.165, 1.54) is 31.5 Å². The summed E-state index contributed by atoms with van der Waals surface area (Å²) in [7, 11) is 3.05. The average Bonchev–Trinajstić information content (AvgIpc) is 3.38. The molecule has 9 nitrogen and oxygen atoms in total. The number of hydrogen-bond donors (Lipinski definition) is 2. The molecule has 34 heavy (non-hydrogen) atoms. The van der Waals surface area contributed by atoms with Gasteiger partial charge >= 0.3 is 0 Å². The summed E-state index contributed by atoms with van der Waals surface area (Å²) in [6.07, 6.45) is 6.21. The van der Waals surface area contributed by atoms with Crippen LogP contribution < -0.4 is 26.5 Å². The third-order valence-electron chi connectivity index (χ3n) is 6.32. The normalized spacial score (nSPS) is 15.5. The van der Waals surface area contributed by atoms with Gasteiger partial charge in [0, 0.05) is 17.1 Å². The molecule has 1 fully saturated rings. The SMILES string of the molecule is COc1cc2nc3nc(N=C(N)C=C(N)C4CCCC4)c4ccccc4n3c(=O)c2cc1OC. The van der Waals surface area contributed by atoms with Crippen LogP contribution in [0.15, 0.2) is 58.0 Å². The second-order valence-electron chi connectivity index (χ2n) is 8.39. The van der Waals surface area contributed by atoms with Crippen LogP contribution in [0.25, 0.3) is 27.6 Å². The molecule has 0 saturated heterocycles. The molecule has 4 N–H and O–H groups in total. The summed E-state index contributed by atoms with van der Waals surface area (Å²) >= 11 is 0. The molecule has 5 rings (SSSR count). The van der Waals surface area contributed by atoms with Crippen LogP contribution in [0.2, 0.25) is 0 Å². The Morgan fingerprint density at radius 2 is 1.76 bits per heavy atom. The number of benzene rings is 2. The van der Waals surface area contributed by atoms with Gasteiger partial charge in [-0.3, -0.25) is 4.79 Å². The number of methoxy groups -OCH3 is 2. The second-order valence-corrected chi connectivity index (χ2v) is 8.39. The standard InChI is InChI=1S/C25H26N6O3/c1-33-20-11-16-18(13-21(20)34-2)28-25-30-23(15-9-5-6-10-19(15)31(25)24(16)32)29-22(27)12-17(26)14-7-3-4-8-14/h5-6,9-14H,3-4,7-8,26H2,1-2H3,(H2,27,28,29,30). The van der Waals surface area contributed by atoms with Crippen molar-refractivity contribution in [2.24, 2.45) is 22.4 Å². The van der Waals surface area contributed by atoms with Crippen LogP contribution in [0.4, 0.5) is 5.82 Å². The summed E-state index contributed by atoms with van der Waals surface area (Å²) < 4.78 is 12.2. The average molecular weight is 459 g/mol. The van der Waals surface area contributed by atoms with Gasteiger partial charge in [-0.1, -0.05) is 25.0 Å². The van der Waals surface area contributed by atoms with Gasteiger partial charge in [0.05, 0.1) is 30.6 Å². The molecule has 174 valence electrons. The van der Waals surface area contributed by atoms with E-state index < -0.39 is 0 Å². The van der Waals surface area contributed by atoms with E-state index in [2.05, 4.69) is 15.0 Å². The molecule has 0 unspecified atom stereocenters. The molecule has 0 amide bonds. The Kier molecular flexibility index (Phi) is 5.53. The fourth-order valence-corrected chi connectivity index (χ4v) is 4.59. The van der Waals surface area contributed by atoms with Crippen LogP contribution in [0.5, 0.6) is 11.5 Å². The number of para-hydroxylation sites is 1. The molecule has 1 saturated carbocycles. The van der Waals surface area contributed by atoms with Gasteiger partial charge in [-0.25, -0.2) is 14.4 Å². The van der Waals surface area contributed by atoms with Crippen LogP contribution >= 0.6 is 0 Å². The summed E-state index contributed by atoms with van der Waals surface area (Å²) in [6.45, 7) is 0. The van der Waals surface area contributed by atoms with Crippen molar-refractivity contribution < 1.29 is 9.47 Å². The van der Waals surface area contributed by atoms with E-state index in [9.17, 15) is 4.79 Å². The van der Waals surface area contributed by atoms with Gasteiger partial charge in [0.15, 0.2) is 17.3 Å². The summed E-state index contributed by atoms with van der Waals surface area (Å²) in [4.78, 5) is 27.3. The van der Waals surface area contributed by atoms with Crippen molar-refractivity contribution in [2.75, 3.05) is 14.2 Å². The van der Waals surface area contributed by atoms with Crippen molar-refractivity contribution in [2.45, 2.75) is 25.7 Å². The quantitative estimate of drug-likeness (QED) is 0.203. The molecular formula is C25H26N6O3. The van der Waals surface area contributed by atoms with Gasteiger partial charge in [0.25, 0.3) is 5.56 Å².